The van der Waals surface area contributed by atoms with Crippen molar-refractivity contribution < 1.29 is 9.90 Å². The van der Waals surface area contributed by atoms with Crippen molar-refractivity contribution in [3.8, 4) is 0 Å². The molecule has 1 atom stereocenters. The Morgan fingerprint density at radius 3 is 2.83 bits per heavy atom. The average Bonchev–Trinajstić information content (AvgIpc) is 3.12. The number of amides is 1. The van der Waals surface area contributed by atoms with Crippen LogP contribution in [0.5, 0.6) is 0 Å². The van der Waals surface area contributed by atoms with E-state index in [0.717, 1.165) is 18.2 Å². The van der Waals surface area contributed by atoms with Gasteiger partial charge in [0.2, 0.25) is 0 Å². The number of aromatic amines is 1. The second-order valence-electron chi connectivity index (χ2n) is 6.89. The fourth-order valence-corrected chi connectivity index (χ4v) is 2.46. The van der Waals surface area contributed by atoms with Gasteiger partial charge >= 0.3 is 0 Å². The first kappa shape index (κ1) is 16.7. The summed E-state index contributed by atoms with van der Waals surface area (Å²) in [5.74, 6) is 0.625. The Morgan fingerprint density at radius 1 is 1.46 bits per heavy atom. The lowest BCUT2D eigenvalue weighted by atomic mass is 10.1. The predicted octanol–water partition coefficient (Wildman–Crippen LogP) is 0.608. The van der Waals surface area contributed by atoms with Crippen molar-refractivity contribution in [1.29, 1.82) is 0 Å². The molecule has 0 spiro atoms. The van der Waals surface area contributed by atoms with E-state index in [1.54, 1.807) is 6.07 Å². The van der Waals surface area contributed by atoms with Crippen LogP contribution in [-0.2, 0) is 0 Å². The van der Waals surface area contributed by atoms with Gasteiger partial charge in [-0.3, -0.25) is 4.79 Å². The Hall–Kier alpha value is -2.19. The Bertz CT molecular complexity index is 737. The maximum atomic E-state index is 12.3. The lowest BCUT2D eigenvalue weighted by molar-refractivity contribution is 0.0945. The molecular weight excluding hydrogens is 308 g/mol. The number of aromatic nitrogens is 3. The maximum absolute atomic E-state index is 12.3. The van der Waals surface area contributed by atoms with Gasteiger partial charge in [-0.25, -0.2) is 9.97 Å². The number of nitrogens with one attached hydrogen (secondary N) is 3. The van der Waals surface area contributed by atoms with E-state index in [1.807, 2.05) is 13.8 Å². The zero-order valence-corrected chi connectivity index (χ0v) is 14.0. The van der Waals surface area contributed by atoms with E-state index in [2.05, 4.69) is 25.6 Å². The van der Waals surface area contributed by atoms with E-state index in [0.29, 0.717) is 23.7 Å². The molecular formula is C16H24N6O2. The summed E-state index contributed by atoms with van der Waals surface area (Å²) in [6, 6.07) is 1.60. The summed E-state index contributed by atoms with van der Waals surface area (Å²) in [5.41, 5.74) is 6.75. The molecule has 6 N–H and O–H groups in total. The number of hydrogen-bond acceptors (Lipinski definition) is 6. The first-order valence-corrected chi connectivity index (χ1v) is 8.20. The van der Waals surface area contributed by atoms with Crippen molar-refractivity contribution in [2.45, 2.75) is 38.3 Å². The number of fused-ring (bicyclic) bond motifs is 1. The molecule has 0 saturated heterocycles. The highest BCUT2D eigenvalue weighted by atomic mass is 16.3. The van der Waals surface area contributed by atoms with E-state index >= 15 is 0 Å². The Morgan fingerprint density at radius 2 is 2.21 bits per heavy atom. The van der Waals surface area contributed by atoms with Crippen LogP contribution in [0.25, 0.3) is 11.0 Å². The molecule has 130 valence electrons. The molecule has 8 nitrogen and oxygen atoms in total. The largest absolute Gasteiger partial charge is 0.394 e. The number of nitrogens with two attached hydrogens (primary N) is 1. The average molecular weight is 332 g/mol. The van der Waals surface area contributed by atoms with E-state index in [9.17, 15) is 9.90 Å². The van der Waals surface area contributed by atoms with Crippen LogP contribution in [0.1, 0.15) is 37.2 Å². The van der Waals surface area contributed by atoms with Crippen molar-refractivity contribution in [2.24, 2.45) is 11.7 Å². The molecule has 2 aromatic rings. The van der Waals surface area contributed by atoms with Gasteiger partial charge in [0.1, 0.15) is 23.5 Å². The minimum Gasteiger partial charge on any atom is -0.394 e. The fraction of sp³-hybridized carbons (Fsp3) is 0.562. The summed E-state index contributed by atoms with van der Waals surface area (Å²) in [5, 5.41) is 16.3. The van der Waals surface area contributed by atoms with Crippen molar-refractivity contribution in [2.75, 3.05) is 18.5 Å². The zero-order chi connectivity index (χ0) is 17.3. The normalized spacial score (nSPS) is 17.0. The number of H-pyrrole nitrogens is 1. The standard InChI is InChI=1S/C16H24N6O2/c1-9(2)12(6-23)22-14-10-5-11(21-13(10)19-8-20-14)15(24)18-7-16(17)3-4-16/h5,8-9,12,23H,3-4,6-7,17H2,1-2H3,(H,18,24)(H2,19,20,21,22)/t12-/m0/s1. The van der Waals surface area contributed by atoms with Crippen LogP contribution in [0.2, 0.25) is 0 Å². The van der Waals surface area contributed by atoms with Gasteiger partial charge in [0.25, 0.3) is 5.91 Å². The topological polar surface area (TPSA) is 129 Å². The minimum absolute atomic E-state index is 0.000485. The van der Waals surface area contributed by atoms with Gasteiger partial charge < -0.3 is 26.5 Å². The number of aliphatic hydroxyl groups excluding tert-OH is 1. The zero-order valence-electron chi connectivity index (χ0n) is 14.0. The molecule has 1 amide bonds. The van der Waals surface area contributed by atoms with Crippen LogP contribution in [0.15, 0.2) is 12.4 Å². The first-order chi connectivity index (χ1) is 11.4. The lowest BCUT2D eigenvalue weighted by Crippen LogP contribution is -2.39. The number of carbonyl (C=O) groups excluding carboxylic acids is 1. The first-order valence-electron chi connectivity index (χ1n) is 8.20. The molecule has 2 aromatic heterocycles. The molecule has 1 saturated carbocycles. The van der Waals surface area contributed by atoms with Gasteiger partial charge in [0, 0.05) is 12.1 Å². The minimum atomic E-state index is -0.236. The monoisotopic (exact) mass is 332 g/mol. The SMILES string of the molecule is CC(C)[C@H](CO)Nc1ncnc2[nH]c(C(=O)NCC3(N)CC3)cc12. The number of hydrogen-bond donors (Lipinski definition) is 5. The van der Waals surface area contributed by atoms with Gasteiger partial charge in [-0.15, -0.1) is 0 Å². The van der Waals surface area contributed by atoms with Crippen LogP contribution in [-0.4, -0.2) is 50.7 Å². The van der Waals surface area contributed by atoms with Crippen LogP contribution in [0.4, 0.5) is 5.82 Å². The smallest absolute Gasteiger partial charge is 0.267 e. The highest BCUT2D eigenvalue weighted by Crippen LogP contribution is 2.31. The fourth-order valence-electron chi connectivity index (χ4n) is 2.46. The van der Waals surface area contributed by atoms with Gasteiger partial charge in [-0.05, 0) is 24.8 Å². The third-order valence-electron chi connectivity index (χ3n) is 4.49. The number of aliphatic hydroxyl groups is 1. The summed E-state index contributed by atoms with van der Waals surface area (Å²) >= 11 is 0. The van der Waals surface area contributed by atoms with E-state index in [1.165, 1.54) is 6.33 Å². The van der Waals surface area contributed by atoms with Gasteiger partial charge in [0.05, 0.1) is 18.0 Å². The number of nitrogens with zero attached hydrogens (tertiary/aromatic N) is 2. The lowest BCUT2D eigenvalue weighted by Gasteiger charge is -2.20. The van der Waals surface area contributed by atoms with Crippen LogP contribution < -0.4 is 16.4 Å². The Labute approximate surface area is 140 Å². The molecule has 1 aliphatic rings. The van der Waals surface area contributed by atoms with Gasteiger partial charge in [-0.1, -0.05) is 13.8 Å². The number of carbonyl (C=O) groups is 1. The third kappa shape index (κ3) is 3.49. The Balaban J connectivity index is 1.79. The van der Waals surface area contributed by atoms with Crippen LogP contribution in [0, 0.1) is 5.92 Å². The molecule has 0 aromatic carbocycles. The molecule has 1 fully saturated rings. The van der Waals surface area contributed by atoms with Crippen LogP contribution in [0.3, 0.4) is 0 Å². The summed E-state index contributed by atoms with van der Waals surface area (Å²) < 4.78 is 0. The molecule has 1 aliphatic carbocycles. The number of anilines is 1. The quantitative estimate of drug-likeness (QED) is 0.505. The molecule has 0 radical (unpaired) electrons. The van der Waals surface area contributed by atoms with Crippen molar-refractivity contribution in [3.63, 3.8) is 0 Å². The molecule has 8 heteroatoms. The number of rotatable bonds is 7. The summed E-state index contributed by atoms with van der Waals surface area (Å²) in [7, 11) is 0. The van der Waals surface area contributed by atoms with Gasteiger partial charge in [-0.2, -0.15) is 0 Å². The van der Waals surface area contributed by atoms with Crippen LogP contribution >= 0.6 is 0 Å². The van der Waals surface area contributed by atoms with E-state index in [4.69, 9.17) is 5.73 Å². The summed E-state index contributed by atoms with van der Waals surface area (Å²) in [6.45, 7) is 4.50. The molecule has 2 heterocycles. The molecule has 0 unspecified atom stereocenters. The van der Waals surface area contributed by atoms with Crippen molar-refractivity contribution in [3.05, 3.63) is 18.1 Å². The summed E-state index contributed by atoms with van der Waals surface area (Å²) in [6.07, 6.45) is 3.31. The highest BCUT2D eigenvalue weighted by molar-refractivity contribution is 5.99. The van der Waals surface area contributed by atoms with E-state index < -0.39 is 0 Å². The third-order valence-corrected chi connectivity index (χ3v) is 4.49. The molecule has 3 rings (SSSR count). The molecule has 0 bridgehead atoms. The summed E-state index contributed by atoms with van der Waals surface area (Å²) in [4.78, 5) is 23.7. The second kappa shape index (κ2) is 6.37. The van der Waals surface area contributed by atoms with Gasteiger partial charge in [0.15, 0.2) is 0 Å². The maximum Gasteiger partial charge on any atom is 0.267 e. The molecule has 0 aliphatic heterocycles. The second-order valence-corrected chi connectivity index (χ2v) is 6.89. The van der Waals surface area contributed by atoms with Crippen molar-refractivity contribution >= 4 is 22.8 Å². The van der Waals surface area contributed by atoms with E-state index in [-0.39, 0.29) is 30.0 Å². The van der Waals surface area contributed by atoms with Crippen molar-refractivity contribution in [1.82, 2.24) is 20.3 Å². The highest BCUT2D eigenvalue weighted by Gasteiger charge is 2.38. The molecule has 24 heavy (non-hydrogen) atoms. The Kier molecular flexibility index (Phi) is 4.42. The predicted molar refractivity (Wildman–Crippen MR) is 91.7 cm³/mol.